The highest BCUT2D eigenvalue weighted by Crippen LogP contribution is 2.18. The van der Waals surface area contributed by atoms with Gasteiger partial charge in [0.15, 0.2) is 5.78 Å². The van der Waals surface area contributed by atoms with E-state index in [-0.39, 0.29) is 5.78 Å². The molecule has 0 aliphatic rings. The standard InChI is InChI=1S/C9H8BrIOS/c10-4-3-8(12)6-1-2-9(13)7(11)5-6/h1-2,5,13H,3-4H2. The lowest BCUT2D eigenvalue weighted by Crippen LogP contribution is -1.99. The Balaban J connectivity index is 2.90. The van der Waals surface area contributed by atoms with Crippen LogP contribution in [0.15, 0.2) is 23.1 Å². The number of Topliss-reactive ketones (excluding diaryl/α,β-unsaturated/α-hetero) is 1. The van der Waals surface area contributed by atoms with Crippen LogP contribution in [0.1, 0.15) is 16.8 Å². The molecule has 0 radical (unpaired) electrons. The third kappa shape index (κ3) is 3.25. The molecular formula is C9H8BrIOS. The summed E-state index contributed by atoms with van der Waals surface area (Å²) < 4.78 is 1.02. The number of hydrogen-bond acceptors (Lipinski definition) is 2. The van der Waals surface area contributed by atoms with Crippen LogP contribution in [0.3, 0.4) is 0 Å². The summed E-state index contributed by atoms with van der Waals surface area (Å²) in [5.74, 6) is 0.170. The highest BCUT2D eigenvalue weighted by molar-refractivity contribution is 14.1. The first-order valence-corrected chi connectivity index (χ1v) is 6.37. The lowest BCUT2D eigenvalue weighted by Gasteiger charge is -2.01. The second kappa shape index (κ2) is 5.36. The summed E-state index contributed by atoms with van der Waals surface area (Å²) in [5.41, 5.74) is 0.765. The largest absolute Gasteiger partial charge is 0.294 e. The lowest BCUT2D eigenvalue weighted by atomic mass is 10.1. The molecule has 0 atom stereocenters. The molecule has 70 valence electrons. The van der Waals surface area contributed by atoms with Crippen LogP contribution in [0, 0.1) is 3.57 Å². The Kier molecular flexibility index (Phi) is 4.75. The fraction of sp³-hybridized carbons (Fsp3) is 0.222. The number of ketones is 1. The van der Waals surface area contributed by atoms with Crippen LogP contribution in [0.25, 0.3) is 0 Å². The molecule has 1 aromatic rings. The Morgan fingerprint density at radius 1 is 1.54 bits per heavy atom. The molecule has 0 bridgehead atoms. The van der Waals surface area contributed by atoms with Gasteiger partial charge in [0.2, 0.25) is 0 Å². The van der Waals surface area contributed by atoms with Crippen molar-refractivity contribution in [3.8, 4) is 0 Å². The quantitative estimate of drug-likeness (QED) is 0.372. The molecule has 0 aliphatic heterocycles. The van der Waals surface area contributed by atoms with Gasteiger partial charge in [-0.05, 0) is 34.7 Å². The van der Waals surface area contributed by atoms with Crippen molar-refractivity contribution in [3.05, 3.63) is 27.3 Å². The van der Waals surface area contributed by atoms with Gasteiger partial charge in [0.25, 0.3) is 0 Å². The number of rotatable bonds is 3. The van der Waals surface area contributed by atoms with Crippen molar-refractivity contribution in [2.45, 2.75) is 11.3 Å². The Labute approximate surface area is 105 Å². The number of hydrogen-bond donors (Lipinski definition) is 1. The second-order valence-electron chi connectivity index (χ2n) is 2.53. The smallest absolute Gasteiger partial charge is 0.163 e. The van der Waals surface area contributed by atoms with Crippen LogP contribution in [0.2, 0.25) is 0 Å². The van der Waals surface area contributed by atoms with Crippen LogP contribution in [-0.2, 0) is 0 Å². The van der Waals surface area contributed by atoms with Crippen LogP contribution in [-0.4, -0.2) is 11.1 Å². The minimum absolute atomic E-state index is 0.170. The zero-order valence-electron chi connectivity index (χ0n) is 6.76. The zero-order valence-corrected chi connectivity index (χ0v) is 11.4. The molecule has 0 aromatic heterocycles. The predicted molar refractivity (Wildman–Crippen MR) is 69.2 cm³/mol. The minimum Gasteiger partial charge on any atom is -0.294 e. The topological polar surface area (TPSA) is 17.1 Å². The third-order valence-corrected chi connectivity index (χ3v) is 3.70. The molecule has 4 heteroatoms. The average Bonchev–Trinajstić information content (AvgIpc) is 2.10. The van der Waals surface area contributed by atoms with Crippen molar-refractivity contribution in [1.82, 2.24) is 0 Å². The molecule has 0 aliphatic carbocycles. The summed E-state index contributed by atoms with van der Waals surface area (Å²) in [4.78, 5) is 12.4. The third-order valence-electron chi connectivity index (χ3n) is 1.59. The molecule has 0 heterocycles. The Hall–Kier alpha value is 0.450. The van der Waals surface area contributed by atoms with Gasteiger partial charge in [-0.25, -0.2) is 0 Å². The second-order valence-corrected chi connectivity index (χ2v) is 4.97. The molecule has 0 saturated carbocycles. The van der Waals surface area contributed by atoms with E-state index in [1.54, 1.807) is 0 Å². The summed E-state index contributed by atoms with van der Waals surface area (Å²) >= 11 is 9.65. The van der Waals surface area contributed by atoms with Crippen LogP contribution in [0.5, 0.6) is 0 Å². The van der Waals surface area contributed by atoms with Crippen LogP contribution < -0.4 is 0 Å². The molecule has 0 fully saturated rings. The molecule has 0 N–H and O–H groups in total. The van der Waals surface area contributed by atoms with E-state index in [2.05, 4.69) is 51.1 Å². The van der Waals surface area contributed by atoms with Gasteiger partial charge in [0.05, 0.1) is 0 Å². The Morgan fingerprint density at radius 3 is 2.77 bits per heavy atom. The number of benzene rings is 1. The van der Waals surface area contributed by atoms with Gasteiger partial charge in [0, 0.05) is 25.8 Å². The first-order chi connectivity index (χ1) is 6.15. The van der Waals surface area contributed by atoms with Gasteiger partial charge in [-0.2, -0.15) is 0 Å². The molecular weight excluding hydrogens is 363 g/mol. The maximum absolute atomic E-state index is 11.4. The summed E-state index contributed by atoms with van der Waals surface area (Å²) in [5, 5.41) is 0.713. The summed E-state index contributed by atoms with van der Waals surface area (Å²) in [7, 11) is 0. The lowest BCUT2D eigenvalue weighted by molar-refractivity contribution is 0.0990. The number of alkyl halides is 1. The number of carbonyl (C=O) groups is 1. The van der Waals surface area contributed by atoms with Crippen molar-refractivity contribution in [3.63, 3.8) is 0 Å². The first-order valence-electron chi connectivity index (χ1n) is 3.73. The maximum atomic E-state index is 11.4. The van der Waals surface area contributed by atoms with E-state index in [1.165, 1.54) is 0 Å². The normalized spacial score (nSPS) is 10.1. The molecule has 0 unspecified atom stereocenters. The monoisotopic (exact) mass is 370 g/mol. The van der Waals surface area contributed by atoms with Gasteiger partial charge in [-0.15, -0.1) is 12.6 Å². The van der Waals surface area contributed by atoms with E-state index in [4.69, 9.17) is 0 Å². The highest BCUT2D eigenvalue weighted by Gasteiger charge is 2.05. The number of halogens is 2. The van der Waals surface area contributed by atoms with E-state index in [9.17, 15) is 4.79 Å². The molecule has 1 rings (SSSR count). The highest BCUT2D eigenvalue weighted by atomic mass is 127. The van der Waals surface area contributed by atoms with Crippen LogP contribution in [0.4, 0.5) is 0 Å². The summed E-state index contributed by atoms with van der Waals surface area (Å²) in [6.07, 6.45) is 0.544. The van der Waals surface area contributed by atoms with Crippen molar-refractivity contribution >= 4 is 56.9 Å². The van der Waals surface area contributed by atoms with Crippen LogP contribution >= 0.6 is 51.1 Å². The van der Waals surface area contributed by atoms with Crippen molar-refractivity contribution in [2.24, 2.45) is 0 Å². The van der Waals surface area contributed by atoms with Gasteiger partial charge in [-0.3, -0.25) is 4.79 Å². The van der Waals surface area contributed by atoms with Crippen molar-refractivity contribution < 1.29 is 4.79 Å². The molecule has 0 spiro atoms. The predicted octanol–water partition coefficient (Wildman–Crippen LogP) is 3.55. The van der Waals surface area contributed by atoms with E-state index in [0.29, 0.717) is 11.8 Å². The fourth-order valence-electron chi connectivity index (χ4n) is 0.911. The molecule has 0 saturated heterocycles. The van der Waals surface area contributed by atoms with Gasteiger partial charge < -0.3 is 0 Å². The maximum Gasteiger partial charge on any atom is 0.163 e. The van der Waals surface area contributed by atoms with E-state index in [1.807, 2.05) is 18.2 Å². The van der Waals surface area contributed by atoms with E-state index in [0.717, 1.165) is 14.0 Å². The van der Waals surface area contributed by atoms with Gasteiger partial charge >= 0.3 is 0 Å². The number of thiol groups is 1. The zero-order chi connectivity index (χ0) is 9.84. The van der Waals surface area contributed by atoms with Gasteiger partial charge in [-0.1, -0.05) is 22.0 Å². The van der Waals surface area contributed by atoms with Gasteiger partial charge in [0.1, 0.15) is 0 Å². The minimum atomic E-state index is 0.170. The SMILES string of the molecule is O=C(CCBr)c1ccc(S)c(I)c1. The van der Waals surface area contributed by atoms with E-state index >= 15 is 0 Å². The first kappa shape index (κ1) is 11.5. The van der Waals surface area contributed by atoms with Crippen molar-refractivity contribution in [1.29, 1.82) is 0 Å². The fourth-order valence-corrected chi connectivity index (χ4v) is 1.92. The molecule has 1 aromatic carbocycles. The molecule has 1 nitrogen and oxygen atoms in total. The Bertz CT molecular complexity index is 327. The molecule has 0 amide bonds. The number of carbonyl (C=O) groups excluding carboxylic acids is 1. The molecule has 13 heavy (non-hydrogen) atoms. The van der Waals surface area contributed by atoms with E-state index < -0.39 is 0 Å². The van der Waals surface area contributed by atoms with Crippen molar-refractivity contribution in [2.75, 3.05) is 5.33 Å². The summed E-state index contributed by atoms with van der Waals surface area (Å²) in [6, 6.07) is 5.54. The summed E-state index contributed by atoms with van der Waals surface area (Å²) in [6.45, 7) is 0. The Morgan fingerprint density at radius 2 is 2.23 bits per heavy atom. The average molecular weight is 371 g/mol.